The van der Waals surface area contributed by atoms with Crippen molar-refractivity contribution in [3.8, 4) is 5.75 Å². The molecule has 0 fully saturated rings. The molecule has 2 aromatic rings. The van der Waals surface area contributed by atoms with E-state index in [9.17, 15) is 4.79 Å². The lowest BCUT2D eigenvalue weighted by atomic mass is 10.0. The van der Waals surface area contributed by atoms with Crippen molar-refractivity contribution >= 4 is 46.5 Å². The predicted molar refractivity (Wildman–Crippen MR) is 83.6 cm³/mol. The molecule has 108 valence electrons. The number of methoxy groups -OCH3 is 1. The van der Waals surface area contributed by atoms with E-state index in [4.69, 9.17) is 27.9 Å². The quantitative estimate of drug-likeness (QED) is 0.839. The Labute approximate surface area is 131 Å². The molecule has 2 N–H and O–H groups in total. The van der Waals surface area contributed by atoms with Crippen LogP contribution in [0, 0.1) is 0 Å². The summed E-state index contributed by atoms with van der Waals surface area (Å²) in [6.45, 7) is 2.57. The van der Waals surface area contributed by atoms with Gasteiger partial charge in [0.25, 0.3) is 5.56 Å². The molecule has 0 unspecified atom stereocenters. The van der Waals surface area contributed by atoms with Crippen molar-refractivity contribution in [3.05, 3.63) is 37.6 Å². The van der Waals surface area contributed by atoms with Crippen LogP contribution in [0.15, 0.2) is 10.9 Å². The van der Waals surface area contributed by atoms with Gasteiger partial charge in [-0.15, -0.1) is 12.4 Å². The number of rotatable bonds is 1. The molecule has 1 aromatic carbocycles. The first-order valence-electron chi connectivity index (χ1n) is 5.88. The van der Waals surface area contributed by atoms with Gasteiger partial charge in [0.15, 0.2) is 0 Å². The van der Waals surface area contributed by atoms with Crippen molar-refractivity contribution in [2.75, 3.05) is 7.11 Å². The van der Waals surface area contributed by atoms with E-state index in [1.54, 1.807) is 0 Å². The average molecular weight is 336 g/mol. The van der Waals surface area contributed by atoms with E-state index in [1.807, 2.05) is 13.0 Å². The highest BCUT2D eigenvalue weighted by molar-refractivity contribution is 6.46. The van der Waals surface area contributed by atoms with E-state index in [0.29, 0.717) is 27.9 Å². The molecular formula is C13H13Cl3N2O2. The second-order valence-corrected chi connectivity index (χ2v) is 5.33. The third-order valence-electron chi connectivity index (χ3n) is 3.54. The topological polar surface area (TPSA) is 54.1 Å². The number of H-pyrrole nitrogens is 1. The minimum atomic E-state index is -0.123. The third kappa shape index (κ3) is 2.07. The van der Waals surface area contributed by atoms with Crippen molar-refractivity contribution in [1.29, 1.82) is 0 Å². The van der Waals surface area contributed by atoms with Crippen molar-refractivity contribution in [3.63, 3.8) is 0 Å². The summed E-state index contributed by atoms with van der Waals surface area (Å²) in [4.78, 5) is 14.9. The van der Waals surface area contributed by atoms with E-state index in [2.05, 4.69) is 10.3 Å². The van der Waals surface area contributed by atoms with E-state index in [0.717, 1.165) is 16.5 Å². The molecule has 0 saturated heterocycles. The molecule has 1 aromatic heterocycles. The number of nitrogens with one attached hydrogen (secondary N) is 2. The van der Waals surface area contributed by atoms with Crippen molar-refractivity contribution in [2.24, 2.45) is 0 Å². The fourth-order valence-electron chi connectivity index (χ4n) is 2.59. The zero-order chi connectivity index (χ0) is 13.7. The second-order valence-electron chi connectivity index (χ2n) is 4.58. The standard InChI is InChI=1S/C13H12Cl2N2O2.ClH/c1-5-9-6-3-8(19-2)10(14)11(15)12(6)17-13(18)7(9)4-16-5;/h3,5,16H,4H2,1-2H3,(H,17,18);1H/t5-;/m0./s1. The monoisotopic (exact) mass is 334 g/mol. The van der Waals surface area contributed by atoms with E-state index in [-0.39, 0.29) is 24.0 Å². The highest BCUT2D eigenvalue weighted by atomic mass is 35.5. The Kier molecular flexibility index (Phi) is 4.21. The number of aromatic amines is 1. The molecule has 1 atom stereocenters. The maximum absolute atomic E-state index is 12.1. The third-order valence-corrected chi connectivity index (χ3v) is 4.39. The van der Waals surface area contributed by atoms with E-state index >= 15 is 0 Å². The Morgan fingerprint density at radius 3 is 2.70 bits per heavy atom. The van der Waals surface area contributed by atoms with Gasteiger partial charge in [-0.2, -0.15) is 0 Å². The highest BCUT2D eigenvalue weighted by Crippen LogP contribution is 2.40. The molecule has 0 saturated carbocycles. The SMILES string of the molecule is COc1cc2c3c(c(=O)[nH]c2c(Cl)c1Cl)CN[C@H]3C.Cl. The molecule has 4 nitrogen and oxygen atoms in total. The van der Waals surface area contributed by atoms with Crippen LogP contribution in [0.2, 0.25) is 10.0 Å². The Hall–Kier alpha value is -0.940. The lowest BCUT2D eigenvalue weighted by molar-refractivity contribution is 0.415. The fraction of sp³-hybridized carbons (Fsp3) is 0.308. The Morgan fingerprint density at radius 1 is 1.35 bits per heavy atom. The van der Waals surface area contributed by atoms with Gasteiger partial charge in [-0.3, -0.25) is 4.79 Å². The molecule has 0 aliphatic carbocycles. The van der Waals surface area contributed by atoms with Crippen molar-refractivity contribution in [2.45, 2.75) is 19.5 Å². The van der Waals surface area contributed by atoms with E-state index in [1.165, 1.54) is 7.11 Å². The number of aromatic nitrogens is 1. The van der Waals surface area contributed by atoms with Crippen LogP contribution in [-0.2, 0) is 6.54 Å². The molecular weight excluding hydrogens is 323 g/mol. The number of halogens is 3. The van der Waals surface area contributed by atoms with E-state index < -0.39 is 0 Å². The minimum Gasteiger partial charge on any atom is -0.495 e. The normalized spacial score (nSPS) is 16.9. The summed E-state index contributed by atoms with van der Waals surface area (Å²) in [5, 5.41) is 4.75. The average Bonchev–Trinajstić information content (AvgIpc) is 2.78. The summed E-state index contributed by atoms with van der Waals surface area (Å²) >= 11 is 12.3. The molecule has 1 aliphatic heterocycles. The van der Waals surface area contributed by atoms with Gasteiger partial charge in [-0.25, -0.2) is 0 Å². The van der Waals surface area contributed by atoms with Gasteiger partial charge in [-0.05, 0) is 18.6 Å². The molecule has 0 spiro atoms. The molecule has 0 radical (unpaired) electrons. The molecule has 0 bridgehead atoms. The van der Waals surface area contributed by atoms with Crippen LogP contribution >= 0.6 is 35.6 Å². The molecule has 7 heteroatoms. The smallest absolute Gasteiger partial charge is 0.253 e. The van der Waals surface area contributed by atoms with Crippen LogP contribution in [0.3, 0.4) is 0 Å². The predicted octanol–water partition coefficient (Wildman–Crippen LogP) is 3.43. The molecule has 1 aliphatic rings. The van der Waals surface area contributed by atoms with Gasteiger partial charge >= 0.3 is 0 Å². The summed E-state index contributed by atoms with van der Waals surface area (Å²) in [6, 6.07) is 1.92. The van der Waals surface area contributed by atoms with Crippen molar-refractivity contribution < 1.29 is 4.74 Å². The van der Waals surface area contributed by atoms with Crippen molar-refractivity contribution in [1.82, 2.24) is 10.3 Å². The second kappa shape index (κ2) is 5.45. The number of fused-ring (bicyclic) bond motifs is 3. The number of pyridine rings is 1. The van der Waals surface area contributed by atoms with Crippen LogP contribution in [0.25, 0.3) is 10.9 Å². The first-order chi connectivity index (χ1) is 9.04. The lowest BCUT2D eigenvalue weighted by Gasteiger charge is -2.13. The summed E-state index contributed by atoms with van der Waals surface area (Å²) in [5.74, 6) is 0.507. The van der Waals surface area contributed by atoms with Gasteiger partial charge in [0, 0.05) is 23.5 Å². The Balaban J connectivity index is 0.00000147. The summed E-state index contributed by atoms with van der Waals surface area (Å²) in [5.41, 5.74) is 2.16. The number of hydrogen-bond acceptors (Lipinski definition) is 3. The highest BCUT2D eigenvalue weighted by Gasteiger charge is 2.25. The zero-order valence-electron chi connectivity index (χ0n) is 10.8. The fourth-order valence-corrected chi connectivity index (χ4v) is 3.06. The Morgan fingerprint density at radius 2 is 2.05 bits per heavy atom. The van der Waals surface area contributed by atoms with Crippen LogP contribution in [0.4, 0.5) is 0 Å². The largest absolute Gasteiger partial charge is 0.495 e. The zero-order valence-corrected chi connectivity index (χ0v) is 13.2. The molecule has 20 heavy (non-hydrogen) atoms. The first-order valence-corrected chi connectivity index (χ1v) is 6.64. The minimum absolute atomic E-state index is 0. The lowest BCUT2D eigenvalue weighted by Crippen LogP contribution is -2.13. The maximum Gasteiger partial charge on any atom is 0.253 e. The molecule has 3 rings (SSSR count). The van der Waals surface area contributed by atoms with Crippen LogP contribution in [-0.4, -0.2) is 12.1 Å². The summed E-state index contributed by atoms with van der Waals surface area (Å²) in [6.07, 6.45) is 0. The van der Waals surface area contributed by atoms with Crippen LogP contribution < -0.4 is 15.6 Å². The first kappa shape index (κ1) is 15.4. The van der Waals surface area contributed by atoms with Gasteiger partial charge in [0.1, 0.15) is 10.8 Å². The summed E-state index contributed by atoms with van der Waals surface area (Å²) in [7, 11) is 1.54. The number of ether oxygens (including phenoxy) is 1. The molecule has 2 heterocycles. The number of benzene rings is 1. The number of hydrogen-bond donors (Lipinski definition) is 2. The van der Waals surface area contributed by atoms with Gasteiger partial charge in [-0.1, -0.05) is 23.2 Å². The van der Waals surface area contributed by atoms with Gasteiger partial charge < -0.3 is 15.0 Å². The van der Waals surface area contributed by atoms with Gasteiger partial charge in [0.05, 0.1) is 17.6 Å². The Bertz CT molecular complexity index is 743. The van der Waals surface area contributed by atoms with Crippen LogP contribution in [0.1, 0.15) is 24.1 Å². The summed E-state index contributed by atoms with van der Waals surface area (Å²) < 4.78 is 5.23. The van der Waals surface area contributed by atoms with Crippen LogP contribution in [0.5, 0.6) is 5.75 Å². The maximum atomic E-state index is 12.1. The molecule has 0 amide bonds. The van der Waals surface area contributed by atoms with Gasteiger partial charge in [0.2, 0.25) is 0 Å².